The van der Waals surface area contributed by atoms with Crippen LogP contribution in [0.4, 0.5) is 5.69 Å². The SMILES string of the molecule is CCNCc1ccc(-c2cc(C(O)NCc3c(C)cc(C)[nH]c3=O)c(C)c(N(CC)C3CCOCC3)c2)cc1. The summed E-state index contributed by atoms with van der Waals surface area (Å²) in [6, 6.07) is 15.3. The van der Waals surface area contributed by atoms with Crippen LogP contribution in [0.5, 0.6) is 0 Å². The first kappa shape index (κ1) is 29.0. The van der Waals surface area contributed by atoms with Gasteiger partial charge in [-0.3, -0.25) is 10.1 Å². The van der Waals surface area contributed by atoms with Gasteiger partial charge in [0.2, 0.25) is 0 Å². The highest BCUT2D eigenvalue weighted by Gasteiger charge is 2.25. The number of hydrogen-bond acceptors (Lipinski definition) is 6. The number of aromatic amines is 1. The van der Waals surface area contributed by atoms with E-state index < -0.39 is 6.23 Å². The molecule has 0 saturated carbocycles. The van der Waals surface area contributed by atoms with E-state index >= 15 is 0 Å². The Morgan fingerprint density at radius 2 is 1.74 bits per heavy atom. The fourth-order valence-corrected chi connectivity index (χ4v) is 5.59. The maximum absolute atomic E-state index is 12.6. The van der Waals surface area contributed by atoms with Gasteiger partial charge in [-0.2, -0.15) is 0 Å². The molecule has 4 N–H and O–H groups in total. The van der Waals surface area contributed by atoms with Crippen molar-refractivity contribution in [2.24, 2.45) is 0 Å². The standard InChI is InChI=1S/C32H44N4O3/c1-6-33-19-24-8-10-25(11-9-24)26-17-28(31(37)34-20-29-21(3)16-22(4)35-32(29)38)23(5)30(18-26)36(7-2)27-12-14-39-15-13-27/h8-11,16-18,27,31,33-34,37H,6-7,12-15,19-20H2,1-5H3,(H,35,38). The summed E-state index contributed by atoms with van der Waals surface area (Å²) in [5.74, 6) is 0. The van der Waals surface area contributed by atoms with E-state index in [4.69, 9.17) is 4.74 Å². The highest BCUT2D eigenvalue weighted by molar-refractivity contribution is 5.73. The second-order valence-corrected chi connectivity index (χ2v) is 10.5. The molecule has 1 aromatic heterocycles. The summed E-state index contributed by atoms with van der Waals surface area (Å²) in [6.45, 7) is 14.7. The molecule has 1 aliphatic rings. The minimum absolute atomic E-state index is 0.118. The Morgan fingerprint density at radius 3 is 2.38 bits per heavy atom. The first-order chi connectivity index (χ1) is 18.8. The van der Waals surface area contributed by atoms with Crippen molar-refractivity contribution in [1.82, 2.24) is 15.6 Å². The zero-order chi connectivity index (χ0) is 27.9. The topological polar surface area (TPSA) is 89.6 Å². The van der Waals surface area contributed by atoms with E-state index in [1.54, 1.807) is 0 Å². The monoisotopic (exact) mass is 532 g/mol. The maximum Gasteiger partial charge on any atom is 0.252 e. The number of ether oxygens (including phenoxy) is 1. The third-order valence-corrected chi connectivity index (χ3v) is 7.83. The number of aliphatic hydroxyl groups is 1. The number of benzene rings is 2. The summed E-state index contributed by atoms with van der Waals surface area (Å²) in [5.41, 5.74) is 8.70. The van der Waals surface area contributed by atoms with Crippen molar-refractivity contribution in [3.05, 3.63) is 86.3 Å². The summed E-state index contributed by atoms with van der Waals surface area (Å²) < 4.78 is 5.65. The van der Waals surface area contributed by atoms with Crippen LogP contribution in [-0.2, 0) is 17.8 Å². The van der Waals surface area contributed by atoms with Crippen LogP contribution in [0.2, 0.25) is 0 Å². The Bertz CT molecular complexity index is 1300. The molecule has 4 rings (SSSR count). The number of aryl methyl sites for hydroxylation is 2. The summed E-state index contributed by atoms with van der Waals surface area (Å²) in [4.78, 5) is 17.9. The van der Waals surface area contributed by atoms with Gasteiger partial charge in [-0.15, -0.1) is 0 Å². The molecule has 2 aromatic carbocycles. The van der Waals surface area contributed by atoms with Crippen molar-refractivity contribution >= 4 is 5.69 Å². The molecule has 1 unspecified atom stereocenters. The lowest BCUT2D eigenvalue weighted by atomic mass is 9.94. The van der Waals surface area contributed by atoms with E-state index in [1.165, 1.54) is 5.56 Å². The summed E-state index contributed by atoms with van der Waals surface area (Å²) >= 11 is 0. The molecule has 0 radical (unpaired) electrons. The maximum atomic E-state index is 12.6. The van der Waals surface area contributed by atoms with Crippen molar-refractivity contribution in [1.29, 1.82) is 0 Å². The summed E-state index contributed by atoms with van der Waals surface area (Å²) in [6.07, 6.45) is 1.05. The number of nitrogens with one attached hydrogen (secondary N) is 3. The number of anilines is 1. The molecule has 0 aliphatic carbocycles. The van der Waals surface area contributed by atoms with Crippen molar-refractivity contribution in [3.63, 3.8) is 0 Å². The van der Waals surface area contributed by atoms with Crippen LogP contribution in [0, 0.1) is 20.8 Å². The van der Waals surface area contributed by atoms with Gasteiger partial charge in [0.25, 0.3) is 5.56 Å². The molecule has 1 fully saturated rings. The molecule has 1 atom stereocenters. The van der Waals surface area contributed by atoms with E-state index in [-0.39, 0.29) is 12.1 Å². The second kappa shape index (κ2) is 13.4. The zero-order valence-electron chi connectivity index (χ0n) is 24.1. The molecule has 0 amide bonds. The fraction of sp³-hybridized carbons (Fsp3) is 0.469. The van der Waals surface area contributed by atoms with Crippen LogP contribution in [0.25, 0.3) is 11.1 Å². The second-order valence-electron chi connectivity index (χ2n) is 10.5. The minimum atomic E-state index is -0.926. The van der Waals surface area contributed by atoms with Crippen LogP contribution in [0.3, 0.4) is 0 Å². The van der Waals surface area contributed by atoms with Crippen LogP contribution in [0.15, 0.2) is 47.3 Å². The van der Waals surface area contributed by atoms with Crippen LogP contribution in [0.1, 0.15) is 66.4 Å². The Morgan fingerprint density at radius 1 is 1.03 bits per heavy atom. The lowest BCUT2D eigenvalue weighted by Gasteiger charge is -2.37. The Labute approximate surface area is 232 Å². The number of rotatable bonds is 11. The first-order valence-electron chi connectivity index (χ1n) is 14.2. The molecule has 39 heavy (non-hydrogen) atoms. The van der Waals surface area contributed by atoms with Crippen molar-refractivity contribution in [3.8, 4) is 11.1 Å². The molecular weight excluding hydrogens is 488 g/mol. The smallest absolute Gasteiger partial charge is 0.252 e. The lowest BCUT2D eigenvalue weighted by molar-refractivity contribution is 0.0846. The summed E-state index contributed by atoms with van der Waals surface area (Å²) in [5, 5.41) is 18.0. The normalized spacial score (nSPS) is 14.9. The molecule has 2 heterocycles. The first-order valence-corrected chi connectivity index (χ1v) is 14.2. The van der Waals surface area contributed by atoms with Crippen LogP contribution < -0.4 is 21.1 Å². The fourth-order valence-electron chi connectivity index (χ4n) is 5.59. The quantitative estimate of drug-likeness (QED) is 0.264. The van der Waals surface area contributed by atoms with E-state index in [2.05, 4.69) is 77.7 Å². The zero-order valence-corrected chi connectivity index (χ0v) is 24.1. The van der Waals surface area contributed by atoms with Gasteiger partial charge in [-0.25, -0.2) is 0 Å². The number of aliphatic hydroxyl groups excluding tert-OH is 1. The van der Waals surface area contributed by atoms with Crippen LogP contribution >= 0.6 is 0 Å². The third kappa shape index (κ3) is 6.97. The van der Waals surface area contributed by atoms with Gasteiger partial charge in [-0.1, -0.05) is 31.2 Å². The van der Waals surface area contributed by atoms with Gasteiger partial charge in [0.15, 0.2) is 0 Å². The Balaban J connectivity index is 1.70. The van der Waals surface area contributed by atoms with Crippen molar-refractivity contribution in [2.75, 3.05) is 31.2 Å². The average molecular weight is 533 g/mol. The Hall–Kier alpha value is -2.97. The predicted octanol–water partition coefficient (Wildman–Crippen LogP) is 4.86. The highest BCUT2D eigenvalue weighted by Crippen LogP contribution is 2.35. The molecular formula is C32H44N4O3. The number of hydrogen-bond donors (Lipinski definition) is 4. The highest BCUT2D eigenvalue weighted by atomic mass is 16.5. The van der Waals surface area contributed by atoms with Gasteiger partial charge >= 0.3 is 0 Å². The molecule has 1 saturated heterocycles. The van der Waals surface area contributed by atoms with E-state index in [1.807, 2.05) is 19.9 Å². The number of pyridine rings is 1. The van der Waals surface area contributed by atoms with Gasteiger partial charge in [0.05, 0.1) is 0 Å². The average Bonchev–Trinajstić information content (AvgIpc) is 2.93. The van der Waals surface area contributed by atoms with Gasteiger partial charge < -0.3 is 25.0 Å². The molecule has 0 bridgehead atoms. The van der Waals surface area contributed by atoms with Crippen molar-refractivity contribution in [2.45, 2.75) is 72.8 Å². The van der Waals surface area contributed by atoms with E-state index in [9.17, 15) is 9.90 Å². The minimum Gasteiger partial charge on any atom is -0.381 e. The van der Waals surface area contributed by atoms with Crippen LogP contribution in [-0.4, -0.2) is 42.4 Å². The van der Waals surface area contributed by atoms with E-state index in [0.717, 1.165) is 84.9 Å². The Kier molecular flexibility index (Phi) is 9.97. The molecule has 0 spiro atoms. The molecule has 7 heteroatoms. The largest absolute Gasteiger partial charge is 0.381 e. The van der Waals surface area contributed by atoms with Gasteiger partial charge in [-0.05, 0) is 93.1 Å². The number of aromatic nitrogens is 1. The predicted molar refractivity (Wildman–Crippen MR) is 159 cm³/mol. The molecule has 7 nitrogen and oxygen atoms in total. The summed E-state index contributed by atoms with van der Waals surface area (Å²) in [7, 11) is 0. The van der Waals surface area contributed by atoms with Gasteiger partial charge in [0, 0.05) is 61.4 Å². The molecule has 3 aromatic rings. The van der Waals surface area contributed by atoms with Crippen molar-refractivity contribution < 1.29 is 9.84 Å². The number of nitrogens with zero attached hydrogens (tertiary/aromatic N) is 1. The number of H-pyrrole nitrogens is 1. The van der Waals surface area contributed by atoms with Gasteiger partial charge in [0.1, 0.15) is 6.23 Å². The molecule has 1 aliphatic heterocycles. The molecule has 210 valence electrons. The van der Waals surface area contributed by atoms with E-state index in [0.29, 0.717) is 11.6 Å². The third-order valence-electron chi connectivity index (χ3n) is 7.83. The lowest BCUT2D eigenvalue weighted by Crippen LogP contribution is -2.40.